The number of nitro groups is 1. The fourth-order valence-corrected chi connectivity index (χ4v) is 4.37. The number of anilines is 1. The molecule has 0 saturated heterocycles. The Hall–Kier alpha value is -4.14. The molecule has 3 rings (SSSR count). The molecule has 0 amide bonds. The molecular weight excluding hydrogens is 464 g/mol. The van der Waals surface area contributed by atoms with Gasteiger partial charge in [0.25, 0.3) is 5.69 Å². The lowest BCUT2D eigenvalue weighted by molar-refractivity contribution is -0.384. The zero-order chi connectivity index (χ0) is 26.4. The van der Waals surface area contributed by atoms with Crippen LogP contribution in [0.25, 0.3) is 0 Å². The van der Waals surface area contributed by atoms with Crippen molar-refractivity contribution < 1.29 is 28.7 Å². The van der Waals surface area contributed by atoms with Gasteiger partial charge in [-0.3, -0.25) is 10.1 Å². The number of nitrogens with zero attached hydrogens (tertiary/aromatic N) is 2. The lowest BCUT2D eigenvalue weighted by Gasteiger charge is -2.38. The molecule has 9 nitrogen and oxygen atoms in total. The monoisotopic (exact) mass is 494 g/mol. The third-order valence-electron chi connectivity index (χ3n) is 5.86. The Kier molecular flexibility index (Phi) is 8.47. The Balaban J connectivity index is 2.26. The molecule has 2 aromatic carbocycles. The predicted octanol–water partition coefficient (Wildman–Crippen LogP) is 5.27. The molecule has 9 heteroatoms. The van der Waals surface area contributed by atoms with Gasteiger partial charge in [-0.15, -0.1) is 0 Å². The van der Waals surface area contributed by atoms with Crippen LogP contribution < -0.4 is 9.64 Å². The van der Waals surface area contributed by atoms with Crippen LogP contribution in [-0.2, 0) is 19.1 Å². The van der Waals surface area contributed by atoms with Gasteiger partial charge in [-0.2, -0.15) is 0 Å². The molecule has 1 aliphatic rings. The molecule has 0 unspecified atom stereocenters. The highest BCUT2D eigenvalue weighted by Crippen LogP contribution is 2.45. The third-order valence-corrected chi connectivity index (χ3v) is 5.86. The molecule has 0 aromatic heterocycles. The van der Waals surface area contributed by atoms with E-state index in [9.17, 15) is 19.7 Å². The van der Waals surface area contributed by atoms with Crippen molar-refractivity contribution in [1.82, 2.24) is 0 Å². The van der Waals surface area contributed by atoms with Gasteiger partial charge in [-0.25, -0.2) is 9.59 Å². The highest BCUT2D eigenvalue weighted by atomic mass is 16.6. The number of hydrogen-bond acceptors (Lipinski definition) is 8. The first kappa shape index (κ1) is 26.5. The lowest BCUT2D eigenvalue weighted by Crippen LogP contribution is -2.35. The van der Waals surface area contributed by atoms with Crippen molar-refractivity contribution in [2.24, 2.45) is 0 Å². The number of carbonyl (C=O) groups excluding carboxylic acids is 2. The summed E-state index contributed by atoms with van der Waals surface area (Å²) in [6.45, 7) is 9.68. The highest BCUT2D eigenvalue weighted by molar-refractivity contribution is 6.01. The van der Waals surface area contributed by atoms with E-state index in [0.717, 1.165) is 5.69 Å². The molecule has 1 heterocycles. The van der Waals surface area contributed by atoms with Crippen LogP contribution in [0.3, 0.4) is 0 Å². The van der Waals surface area contributed by atoms with Gasteiger partial charge >= 0.3 is 11.9 Å². The summed E-state index contributed by atoms with van der Waals surface area (Å²) in [6.07, 6.45) is 0. The Bertz CT molecular complexity index is 1160. The lowest BCUT2D eigenvalue weighted by atomic mass is 9.79. The Morgan fingerprint density at radius 3 is 1.75 bits per heavy atom. The second kappa shape index (κ2) is 11.5. The van der Waals surface area contributed by atoms with Crippen molar-refractivity contribution in [3.8, 4) is 5.75 Å². The maximum absolute atomic E-state index is 13.3. The number of hydrogen-bond donors (Lipinski definition) is 0. The van der Waals surface area contributed by atoms with Crippen molar-refractivity contribution in [2.45, 2.75) is 40.5 Å². The SMILES string of the molecule is CCOC(=O)C1=C(C)N(c2ccc(OCC)cc2)C(C)=C(C(=O)OCC)C1c1ccc([N+](=O)[O-])cc1. The molecule has 2 aromatic rings. The predicted molar refractivity (Wildman–Crippen MR) is 135 cm³/mol. The number of esters is 2. The van der Waals surface area contributed by atoms with Gasteiger partial charge in [-0.05, 0) is 64.4 Å². The number of carbonyl (C=O) groups is 2. The number of benzene rings is 2. The quantitative estimate of drug-likeness (QED) is 0.263. The van der Waals surface area contributed by atoms with Crippen LogP contribution in [0.2, 0.25) is 0 Å². The summed E-state index contributed by atoms with van der Waals surface area (Å²) in [7, 11) is 0. The number of rotatable bonds is 9. The van der Waals surface area contributed by atoms with Crippen molar-refractivity contribution in [3.63, 3.8) is 0 Å². The van der Waals surface area contributed by atoms with Crippen molar-refractivity contribution in [3.05, 3.63) is 86.7 Å². The zero-order valence-corrected chi connectivity index (χ0v) is 21.1. The minimum Gasteiger partial charge on any atom is -0.494 e. The van der Waals surface area contributed by atoms with Gasteiger partial charge in [-0.1, -0.05) is 12.1 Å². The summed E-state index contributed by atoms with van der Waals surface area (Å²) in [5.41, 5.74) is 2.83. The second-order valence-corrected chi connectivity index (χ2v) is 7.98. The van der Waals surface area contributed by atoms with Crippen LogP contribution in [0.5, 0.6) is 5.75 Å². The molecule has 0 fully saturated rings. The topological polar surface area (TPSA) is 108 Å². The molecule has 0 spiro atoms. The summed E-state index contributed by atoms with van der Waals surface area (Å²) in [4.78, 5) is 39.1. The standard InChI is InChI=1S/C27H30N2O7/c1-6-34-22-15-13-20(14-16-22)28-17(4)23(26(30)35-7-2)25(24(18(28)5)27(31)36-8-3)19-9-11-21(12-10-19)29(32)33/h9-16,25H,6-8H2,1-5H3. The molecule has 0 N–H and O–H groups in total. The van der Waals surface area contributed by atoms with Crippen LogP contribution >= 0.6 is 0 Å². The van der Waals surface area contributed by atoms with Crippen molar-refractivity contribution in [2.75, 3.05) is 24.7 Å². The van der Waals surface area contributed by atoms with E-state index in [-0.39, 0.29) is 30.0 Å². The average Bonchev–Trinajstić information content (AvgIpc) is 2.85. The number of allylic oxidation sites excluding steroid dienone is 2. The van der Waals surface area contributed by atoms with E-state index in [0.29, 0.717) is 29.3 Å². The van der Waals surface area contributed by atoms with Crippen LogP contribution in [0.4, 0.5) is 11.4 Å². The molecule has 0 bridgehead atoms. The minimum absolute atomic E-state index is 0.0950. The molecule has 1 aliphatic heterocycles. The first-order chi connectivity index (χ1) is 17.2. The number of non-ortho nitro benzene ring substituents is 1. The number of ether oxygens (including phenoxy) is 3. The normalized spacial score (nSPS) is 14.1. The fourth-order valence-electron chi connectivity index (χ4n) is 4.37. The van der Waals surface area contributed by atoms with Crippen LogP contribution in [0.1, 0.15) is 46.1 Å². The molecule has 36 heavy (non-hydrogen) atoms. The molecule has 190 valence electrons. The van der Waals surface area contributed by atoms with Gasteiger partial charge < -0.3 is 19.1 Å². The van der Waals surface area contributed by atoms with Gasteiger partial charge in [0, 0.05) is 29.2 Å². The molecule has 0 radical (unpaired) electrons. The van der Waals surface area contributed by atoms with Crippen LogP contribution in [0.15, 0.2) is 71.1 Å². The summed E-state index contributed by atoms with van der Waals surface area (Å²) >= 11 is 0. The average molecular weight is 495 g/mol. The van der Waals surface area contributed by atoms with Gasteiger partial charge in [0.15, 0.2) is 0 Å². The second-order valence-electron chi connectivity index (χ2n) is 7.98. The van der Waals surface area contributed by atoms with E-state index < -0.39 is 22.8 Å². The zero-order valence-electron chi connectivity index (χ0n) is 21.1. The van der Waals surface area contributed by atoms with Gasteiger partial charge in [0.05, 0.1) is 41.8 Å². The maximum Gasteiger partial charge on any atom is 0.336 e. The summed E-state index contributed by atoms with van der Waals surface area (Å²) in [5.74, 6) is -1.29. The molecule has 0 saturated carbocycles. The van der Waals surface area contributed by atoms with Crippen molar-refractivity contribution in [1.29, 1.82) is 0 Å². The van der Waals surface area contributed by atoms with Crippen LogP contribution in [-0.4, -0.2) is 36.7 Å². The van der Waals surface area contributed by atoms with Gasteiger partial charge in [0.2, 0.25) is 0 Å². The molecular formula is C27H30N2O7. The minimum atomic E-state index is -0.831. The smallest absolute Gasteiger partial charge is 0.336 e. The van der Waals surface area contributed by atoms with Crippen LogP contribution in [0, 0.1) is 10.1 Å². The van der Waals surface area contributed by atoms with E-state index in [1.807, 2.05) is 36.1 Å². The summed E-state index contributed by atoms with van der Waals surface area (Å²) < 4.78 is 16.3. The number of nitro benzene ring substituents is 1. The fraction of sp³-hybridized carbons (Fsp3) is 0.333. The van der Waals surface area contributed by atoms with E-state index in [2.05, 4.69) is 0 Å². The van der Waals surface area contributed by atoms with E-state index in [1.165, 1.54) is 12.1 Å². The van der Waals surface area contributed by atoms with E-state index in [1.54, 1.807) is 39.8 Å². The molecule has 0 atom stereocenters. The Morgan fingerprint density at radius 2 is 1.33 bits per heavy atom. The summed E-state index contributed by atoms with van der Waals surface area (Å²) in [5, 5.41) is 11.2. The Morgan fingerprint density at radius 1 is 0.833 bits per heavy atom. The maximum atomic E-state index is 13.3. The molecule has 0 aliphatic carbocycles. The first-order valence-electron chi connectivity index (χ1n) is 11.8. The first-order valence-corrected chi connectivity index (χ1v) is 11.8. The highest BCUT2D eigenvalue weighted by Gasteiger charge is 2.41. The third kappa shape index (κ3) is 5.25. The van der Waals surface area contributed by atoms with Crippen molar-refractivity contribution >= 4 is 23.3 Å². The van der Waals surface area contributed by atoms with E-state index in [4.69, 9.17) is 14.2 Å². The van der Waals surface area contributed by atoms with Gasteiger partial charge in [0.1, 0.15) is 5.75 Å². The van der Waals surface area contributed by atoms with E-state index >= 15 is 0 Å². The summed E-state index contributed by atoms with van der Waals surface area (Å²) in [6, 6.07) is 13.1. The largest absolute Gasteiger partial charge is 0.494 e. The Labute approximate surface area is 210 Å².